The summed E-state index contributed by atoms with van der Waals surface area (Å²) in [6, 6.07) is 5.40. The Labute approximate surface area is 85.5 Å². The minimum atomic E-state index is -0.540. The zero-order chi connectivity index (χ0) is 10.7. The maximum absolute atomic E-state index is 11.0. The smallest absolute Gasteiger partial charge is 0.254 e. The first-order valence-electron chi connectivity index (χ1n) is 4.28. The normalized spacial score (nSPS) is 9.87. The van der Waals surface area contributed by atoms with Crippen LogP contribution in [0, 0.1) is 0 Å². The van der Waals surface area contributed by atoms with E-state index in [1.54, 1.807) is 18.3 Å². The number of nitrogens with two attached hydrogens (primary N) is 1. The summed E-state index contributed by atoms with van der Waals surface area (Å²) in [5, 5.41) is 9.26. The highest BCUT2D eigenvalue weighted by Gasteiger charge is 2.10. The quantitative estimate of drug-likeness (QED) is 0.682. The fraction of sp³-hybridized carbons (Fsp3) is 0. The Morgan fingerprint density at radius 2 is 2.33 bits per heavy atom. The molecule has 0 saturated heterocycles. The average Bonchev–Trinajstić information content (AvgIpc) is 2.67. The number of amides is 1. The first-order valence-corrected chi connectivity index (χ1v) is 4.28. The van der Waals surface area contributed by atoms with Gasteiger partial charge in [0.2, 0.25) is 0 Å². The lowest BCUT2D eigenvalue weighted by molar-refractivity contribution is 0.100. The molecule has 0 aliphatic carbocycles. The van der Waals surface area contributed by atoms with E-state index < -0.39 is 5.91 Å². The third-order valence-electron chi connectivity index (χ3n) is 1.82. The molecule has 0 spiro atoms. The molecule has 2 rings (SSSR count). The number of hydrogen-bond donors (Lipinski definition) is 3. The summed E-state index contributed by atoms with van der Waals surface area (Å²) in [6.45, 7) is 0. The number of nitrogens with one attached hydrogen (secondary N) is 2. The maximum atomic E-state index is 11.0. The molecule has 15 heavy (non-hydrogen) atoms. The molecule has 4 N–H and O–H groups in total. The third kappa shape index (κ3) is 1.93. The molecule has 6 heteroatoms. The van der Waals surface area contributed by atoms with E-state index in [2.05, 4.69) is 20.5 Å². The minimum Gasteiger partial charge on any atom is -0.365 e. The van der Waals surface area contributed by atoms with Crippen molar-refractivity contribution in [3.8, 4) is 0 Å². The van der Waals surface area contributed by atoms with E-state index in [0.717, 1.165) is 0 Å². The lowest BCUT2D eigenvalue weighted by Crippen LogP contribution is -2.12. The van der Waals surface area contributed by atoms with Gasteiger partial charge in [0.05, 0.1) is 6.20 Å². The van der Waals surface area contributed by atoms with Gasteiger partial charge in [0.25, 0.3) is 5.91 Å². The lowest BCUT2D eigenvalue weighted by Gasteiger charge is -2.02. The zero-order valence-electron chi connectivity index (χ0n) is 7.77. The van der Waals surface area contributed by atoms with Gasteiger partial charge in [-0.15, -0.1) is 0 Å². The van der Waals surface area contributed by atoms with E-state index >= 15 is 0 Å². The minimum absolute atomic E-state index is 0.306. The van der Waals surface area contributed by atoms with Gasteiger partial charge in [-0.05, 0) is 12.1 Å². The van der Waals surface area contributed by atoms with Gasteiger partial charge in [-0.1, -0.05) is 6.07 Å². The van der Waals surface area contributed by atoms with E-state index in [-0.39, 0.29) is 0 Å². The summed E-state index contributed by atoms with van der Waals surface area (Å²) in [7, 11) is 0. The van der Waals surface area contributed by atoms with Crippen LogP contribution < -0.4 is 11.1 Å². The molecule has 0 radical (unpaired) electrons. The van der Waals surface area contributed by atoms with E-state index in [4.69, 9.17) is 5.73 Å². The Morgan fingerprint density at radius 3 is 3.00 bits per heavy atom. The molecule has 2 aromatic heterocycles. The second-order valence-electron chi connectivity index (χ2n) is 2.86. The summed E-state index contributed by atoms with van der Waals surface area (Å²) in [5.74, 6) is 0.521. The summed E-state index contributed by atoms with van der Waals surface area (Å²) < 4.78 is 0. The van der Waals surface area contributed by atoms with Crippen LogP contribution in [0.2, 0.25) is 0 Å². The van der Waals surface area contributed by atoms with Gasteiger partial charge in [-0.3, -0.25) is 9.89 Å². The Bertz CT molecular complexity index is 464. The number of anilines is 2. The van der Waals surface area contributed by atoms with Crippen molar-refractivity contribution in [2.75, 3.05) is 5.32 Å². The molecule has 2 heterocycles. The molecule has 0 aromatic carbocycles. The summed E-state index contributed by atoms with van der Waals surface area (Å²) in [5.41, 5.74) is 5.46. The second-order valence-corrected chi connectivity index (χ2v) is 2.86. The van der Waals surface area contributed by atoms with Crippen LogP contribution in [-0.4, -0.2) is 21.1 Å². The Balaban J connectivity index is 2.25. The molecule has 1 amide bonds. The molecule has 0 bridgehead atoms. The van der Waals surface area contributed by atoms with E-state index in [1.165, 1.54) is 6.20 Å². The highest BCUT2D eigenvalue weighted by atomic mass is 16.1. The highest BCUT2D eigenvalue weighted by Crippen LogP contribution is 2.14. The molecule has 0 atom stereocenters. The molecule has 0 saturated carbocycles. The van der Waals surface area contributed by atoms with Crippen molar-refractivity contribution in [1.29, 1.82) is 0 Å². The van der Waals surface area contributed by atoms with Crippen molar-refractivity contribution in [1.82, 2.24) is 15.2 Å². The van der Waals surface area contributed by atoms with Crippen LogP contribution in [0.15, 0.2) is 30.6 Å². The van der Waals surface area contributed by atoms with Crippen molar-refractivity contribution in [3.05, 3.63) is 36.2 Å². The number of carbonyl (C=O) groups is 1. The molecular weight excluding hydrogens is 194 g/mol. The number of H-pyrrole nitrogens is 1. The fourth-order valence-corrected chi connectivity index (χ4v) is 1.13. The standard InChI is InChI=1S/C9H9N5O/c10-8(15)6-5-12-14-9(6)13-7-3-1-2-4-11-7/h1-5H,(H2,10,15)(H2,11,12,13,14). The van der Waals surface area contributed by atoms with Crippen molar-refractivity contribution >= 4 is 17.5 Å². The topological polar surface area (TPSA) is 96.7 Å². The van der Waals surface area contributed by atoms with E-state index in [0.29, 0.717) is 17.2 Å². The predicted molar refractivity (Wildman–Crippen MR) is 54.6 cm³/mol. The van der Waals surface area contributed by atoms with Gasteiger partial charge in [0.1, 0.15) is 17.2 Å². The van der Waals surface area contributed by atoms with Crippen LogP contribution in [0.1, 0.15) is 10.4 Å². The van der Waals surface area contributed by atoms with Crippen LogP contribution in [0.25, 0.3) is 0 Å². The Hall–Kier alpha value is -2.37. The number of aromatic amines is 1. The maximum Gasteiger partial charge on any atom is 0.254 e. The van der Waals surface area contributed by atoms with Crippen LogP contribution in [0.5, 0.6) is 0 Å². The van der Waals surface area contributed by atoms with Gasteiger partial charge < -0.3 is 11.1 Å². The number of rotatable bonds is 3. The van der Waals surface area contributed by atoms with Gasteiger partial charge in [-0.2, -0.15) is 5.10 Å². The van der Waals surface area contributed by atoms with Crippen molar-refractivity contribution < 1.29 is 4.79 Å². The summed E-state index contributed by atoms with van der Waals surface area (Å²) in [6.07, 6.45) is 3.01. The highest BCUT2D eigenvalue weighted by molar-refractivity contribution is 5.97. The molecule has 0 unspecified atom stereocenters. The number of pyridine rings is 1. The molecule has 0 aliphatic heterocycles. The van der Waals surface area contributed by atoms with Crippen molar-refractivity contribution in [2.24, 2.45) is 5.73 Å². The van der Waals surface area contributed by atoms with Crippen molar-refractivity contribution in [2.45, 2.75) is 0 Å². The molecular formula is C9H9N5O. The van der Waals surface area contributed by atoms with E-state index in [1.807, 2.05) is 6.07 Å². The second kappa shape index (κ2) is 3.79. The molecule has 76 valence electrons. The van der Waals surface area contributed by atoms with Crippen LogP contribution in [0.3, 0.4) is 0 Å². The monoisotopic (exact) mass is 203 g/mol. The van der Waals surface area contributed by atoms with Gasteiger partial charge >= 0.3 is 0 Å². The fourth-order valence-electron chi connectivity index (χ4n) is 1.13. The zero-order valence-corrected chi connectivity index (χ0v) is 7.77. The first-order chi connectivity index (χ1) is 7.27. The number of nitrogens with zero attached hydrogens (tertiary/aromatic N) is 2. The SMILES string of the molecule is NC(=O)c1cn[nH]c1Nc1ccccn1. The summed E-state index contributed by atoms with van der Waals surface area (Å²) in [4.78, 5) is 15.0. The number of carbonyl (C=O) groups excluding carboxylic acids is 1. The van der Waals surface area contributed by atoms with Crippen LogP contribution in [0.4, 0.5) is 11.6 Å². The first kappa shape index (κ1) is 9.20. The molecule has 2 aromatic rings. The molecule has 0 aliphatic rings. The Kier molecular flexibility index (Phi) is 2.32. The third-order valence-corrected chi connectivity index (χ3v) is 1.82. The largest absolute Gasteiger partial charge is 0.365 e. The van der Waals surface area contributed by atoms with Gasteiger partial charge in [0.15, 0.2) is 0 Å². The average molecular weight is 203 g/mol. The van der Waals surface area contributed by atoms with Crippen LogP contribution in [-0.2, 0) is 0 Å². The lowest BCUT2D eigenvalue weighted by atomic mass is 10.3. The van der Waals surface area contributed by atoms with Gasteiger partial charge in [0, 0.05) is 6.20 Å². The number of hydrogen-bond acceptors (Lipinski definition) is 4. The van der Waals surface area contributed by atoms with Crippen molar-refractivity contribution in [3.63, 3.8) is 0 Å². The number of aromatic nitrogens is 3. The Morgan fingerprint density at radius 1 is 1.47 bits per heavy atom. The summed E-state index contributed by atoms with van der Waals surface area (Å²) >= 11 is 0. The van der Waals surface area contributed by atoms with Crippen LogP contribution >= 0.6 is 0 Å². The number of primary amides is 1. The predicted octanol–water partition coefficient (Wildman–Crippen LogP) is 0.647. The molecule has 0 fully saturated rings. The molecule has 6 nitrogen and oxygen atoms in total. The van der Waals surface area contributed by atoms with Gasteiger partial charge in [-0.25, -0.2) is 4.98 Å². The van der Waals surface area contributed by atoms with E-state index in [9.17, 15) is 4.79 Å².